The SMILES string of the molecule is c1csc(N(C2CCNCC2)C2CC2)n1. The fourth-order valence-electron chi connectivity index (χ4n) is 2.39. The molecule has 1 aliphatic carbocycles. The lowest BCUT2D eigenvalue weighted by atomic mass is 10.1. The van der Waals surface area contributed by atoms with Crippen molar-refractivity contribution in [3.8, 4) is 0 Å². The van der Waals surface area contributed by atoms with Crippen LogP contribution in [0.3, 0.4) is 0 Å². The summed E-state index contributed by atoms with van der Waals surface area (Å²) in [6.07, 6.45) is 7.20. The molecule has 4 heteroatoms. The van der Waals surface area contributed by atoms with Crippen molar-refractivity contribution in [3.63, 3.8) is 0 Å². The van der Waals surface area contributed by atoms with Gasteiger partial charge in [-0.1, -0.05) is 0 Å². The number of thiazole rings is 1. The Bertz CT molecular complexity index is 302. The van der Waals surface area contributed by atoms with Crippen LogP contribution in [0.2, 0.25) is 0 Å². The first-order valence-electron chi connectivity index (χ1n) is 5.84. The van der Waals surface area contributed by atoms with Gasteiger partial charge in [0.05, 0.1) is 0 Å². The van der Waals surface area contributed by atoms with Gasteiger partial charge in [-0.05, 0) is 38.8 Å². The van der Waals surface area contributed by atoms with E-state index in [1.165, 1.54) is 43.9 Å². The molecule has 0 radical (unpaired) electrons. The maximum atomic E-state index is 4.48. The van der Waals surface area contributed by atoms with Gasteiger partial charge in [-0.3, -0.25) is 0 Å². The van der Waals surface area contributed by atoms with Crippen LogP contribution in [0, 0.1) is 0 Å². The Kier molecular flexibility index (Phi) is 2.63. The van der Waals surface area contributed by atoms with Gasteiger partial charge in [0.2, 0.25) is 0 Å². The Morgan fingerprint density at radius 3 is 2.53 bits per heavy atom. The lowest BCUT2D eigenvalue weighted by Crippen LogP contribution is -2.44. The molecule has 1 aromatic heterocycles. The van der Waals surface area contributed by atoms with Gasteiger partial charge >= 0.3 is 0 Å². The summed E-state index contributed by atoms with van der Waals surface area (Å²) in [6, 6.07) is 1.52. The number of rotatable bonds is 3. The zero-order valence-corrected chi connectivity index (χ0v) is 9.67. The number of anilines is 1. The number of hydrogen-bond donors (Lipinski definition) is 1. The van der Waals surface area contributed by atoms with Crippen molar-refractivity contribution in [3.05, 3.63) is 11.6 Å². The van der Waals surface area contributed by atoms with E-state index in [9.17, 15) is 0 Å². The number of nitrogens with zero attached hydrogens (tertiary/aromatic N) is 2. The van der Waals surface area contributed by atoms with Gasteiger partial charge in [0.1, 0.15) is 0 Å². The minimum atomic E-state index is 0.727. The quantitative estimate of drug-likeness (QED) is 0.848. The van der Waals surface area contributed by atoms with Gasteiger partial charge in [-0.15, -0.1) is 11.3 Å². The lowest BCUT2D eigenvalue weighted by Gasteiger charge is -2.34. The zero-order valence-electron chi connectivity index (χ0n) is 8.85. The van der Waals surface area contributed by atoms with Gasteiger partial charge in [-0.25, -0.2) is 4.98 Å². The van der Waals surface area contributed by atoms with Crippen molar-refractivity contribution in [2.75, 3.05) is 18.0 Å². The second-order valence-corrected chi connectivity index (χ2v) is 5.31. The van der Waals surface area contributed by atoms with E-state index in [1.54, 1.807) is 11.3 Å². The monoisotopic (exact) mass is 223 g/mol. The predicted molar refractivity (Wildman–Crippen MR) is 63.5 cm³/mol. The van der Waals surface area contributed by atoms with Crippen molar-refractivity contribution in [2.45, 2.75) is 37.8 Å². The maximum Gasteiger partial charge on any atom is 0.185 e. The van der Waals surface area contributed by atoms with Crippen molar-refractivity contribution in [1.29, 1.82) is 0 Å². The molecule has 0 bridgehead atoms. The first-order chi connectivity index (χ1) is 7.45. The van der Waals surface area contributed by atoms with Crippen LogP contribution in [-0.4, -0.2) is 30.2 Å². The molecule has 82 valence electrons. The van der Waals surface area contributed by atoms with E-state index in [0.29, 0.717) is 0 Å². The van der Waals surface area contributed by atoms with Crippen LogP contribution in [-0.2, 0) is 0 Å². The van der Waals surface area contributed by atoms with Crippen LogP contribution in [0.25, 0.3) is 0 Å². The van der Waals surface area contributed by atoms with E-state index in [1.807, 2.05) is 6.20 Å². The summed E-state index contributed by atoms with van der Waals surface area (Å²) in [5.41, 5.74) is 0. The fourth-order valence-corrected chi connectivity index (χ4v) is 3.18. The predicted octanol–water partition coefficient (Wildman–Crippen LogP) is 1.86. The van der Waals surface area contributed by atoms with Crippen LogP contribution < -0.4 is 10.2 Å². The number of aromatic nitrogens is 1. The molecular formula is C11H17N3S. The molecule has 2 aliphatic rings. The van der Waals surface area contributed by atoms with Crippen LogP contribution >= 0.6 is 11.3 Å². The Balaban J connectivity index is 1.77. The highest BCUT2D eigenvalue weighted by Crippen LogP contribution is 2.36. The van der Waals surface area contributed by atoms with Crippen LogP contribution in [0.15, 0.2) is 11.6 Å². The number of piperidine rings is 1. The molecule has 0 amide bonds. The van der Waals surface area contributed by atoms with Crippen molar-refractivity contribution < 1.29 is 0 Å². The standard InChI is InChI=1S/C11H17N3S/c1-2-9(1)14(11-13-7-8-15-11)10-3-5-12-6-4-10/h7-10,12H,1-6H2. The largest absolute Gasteiger partial charge is 0.342 e. The molecule has 15 heavy (non-hydrogen) atoms. The highest BCUT2D eigenvalue weighted by molar-refractivity contribution is 7.13. The summed E-state index contributed by atoms with van der Waals surface area (Å²) in [5, 5.41) is 6.76. The number of hydrogen-bond acceptors (Lipinski definition) is 4. The smallest absolute Gasteiger partial charge is 0.185 e. The highest BCUT2D eigenvalue weighted by atomic mass is 32.1. The average Bonchev–Trinajstić information content (AvgIpc) is 2.96. The third kappa shape index (κ3) is 2.01. The van der Waals surface area contributed by atoms with Crippen LogP contribution in [0.4, 0.5) is 5.13 Å². The van der Waals surface area contributed by atoms with Gasteiger partial charge in [0.25, 0.3) is 0 Å². The topological polar surface area (TPSA) is 28.2 Å². The van der Waals surface area contributed by atoms with Gasteiger partial charge in [-0.2, -0.15) is 0 Å². The summed E-state index contributed by atoms with van der Waals surface area (Å²) in [6.45, 7) is 2.33. The van der Waals surface area contributed by atoms with Crippen LogP contribution in [0.5, 0.6) is 0 Å². The summed E-state index contributed by atoms with van der Waals surface area (Å²) < 4.78 is 0. The van der Waals surface area contributed by atoms with Crippen molar-refractivity contribution >= 4 is 16.5 Å². The van der Waals surface area contributed by atoms with E-state index in [0.717, 1.165) is 12.1 Å². The normalized spacial score (nSPS) is 22.9. The summed E-state index contributed by atoms with van der Waals surface area (Å²) >= 11 is 1.79. The second kappa shape index (κ2) is 4.10. The molecule has 1 saturated heterocycles. The van der Waals surface area contributed by atoms with E-state index in [4.69, 9.17) is 0 Å². The summed E-state index contributed by atoms with van der Waals surface area (Å²) in [5.74, 6) is 0. The van der Waals surface area contributed by atoms with E-state index >= 15 is 0 Å². The molecule has 3 nitrogen and oxygen atoms in total. The molecule has 1 N–H and O–H groups in total. The van der Waals surface area contributed by atoms with Gasteiger partial charge in [0.15, 0.2) is 5.13 Å². The number of nitrogens with one attached hydrogen (secondary N) is 1. The second-order valence-electron chi connectivity index (χ2n) is 4.43. The van der Waals surface area contributed by atoms with Crippen LogP contribution in [0.1, 0.15) is 25.7 Å². The molecule has 2 heterocycles. The first kappa shape index (κ1) is 9.60. The molecule has 1 aliphatic heterocycles. The zero-order chi connectivity index (χ0) is 10.1. The molecule has 3 rings (SSSR count). The third-order valence-electron chi connectivity index (χ3n) is 3.28. The van der Waals surface area contributed by atoms with Crippen molar-refractivity contribution in [2.24, 2.45) is 0 Å². The highest BCUT2D eigenvalue weighted by Gasteiger charge is 2.35. The Hall–Kier alpha value is -0.610. The molecule has 1 saturated carbocycles. The molecular weight excluding hydrogens is 206 g/mol. The molecule has 1 aromatic rings. The summed E-state index contributed by atoms with van der Waals surface area (Å²) in [7, 11) is 0. The van der Waals surface area contributed by atoms with E-state index in [-0.39, 0.29) is 0 Å². The molecule has 2 fully saturated rings. The lowest BCUT2D eigenvalue weighted by molar-refractivity contribution is 0.427. The Morgan fingerprint density at radius 2 is 1.93 bits per heavy atom. The fraction of sp³-hybridized carbons (Fsp3) is 0.727. The van der Waals surface area contributed by atoms with E-state index in [2.05, 4.69) is 20.6 Å². The summed E-state index contributed by atoms with van der Waals surface area (Å²) in [4.78, 5) is 7.07. The maximum absolute atomic E-state index is 4.48. The molecule has 0 aromatic carbocycles. The molecule has 0 spiro atoms. The minimum Gasteiger partial charge on any atom is -0.342 e. The molecule has 0 unspecified atom stereocenters. The van der Waals surface area contributed by atoms with Gasteiger partial charge < -0.3 is 10.2 Å². The van der Waals surface area contributed by atoms with E-state index < -0.39 is 0 Å². The minimum absolute atomic E-state index is 0.727. The average molecular weight is 223 g/mol. The van der Waals surface area contributed by atoms with Gasteiger partial charge in [0, 0.05) is 23.7 Å². The third-order valence-corrected chi connectivity index (χ3v) is 4.07. The first-order valence-corrected chi connectivity index (χ1v) is 6.71. The Labute approximate surface area is 94.5 Å². The molecule has 0 atom stereocenters. The Morgan fingerprint density at radius 1 is 1.20 bits per heavy atom. The van der Waals surface area contributed by atoms with Crippen molar-refractivity contribution in [1.82, 2.24) is 10.3 Å².